The average molecular weight is 227 g/mol. The lowest BCUT2D eigenvalue weighted by molar-refractivity contribution is -0.115. The molecule has 0 saturated carbocycles. The lowest BCUT2D eigenvalue weighted by atomic mass is 10.4. The number of ether oxygens (including phenoxy) is 1. The first-order valence-electron chi connectivity index (χ1n) is 4.84. The molecular formula is C10H14FN3O2. The first-order chi connectivity index (χ1) is 7.72. The SMILES string of the molecule is COCCNCC(=O)Nc1cccc(F)n1. The number of hydrogen-bond donors (Lipinski definition) is 2. The van der Waals surface area contributed by atoms with Crippen molar-refractivity contribution in [1.82, 2.24) is 10.3 Å². The van der Waals surface area contributed by atoms with Crippen molar-refractivity contribution in [2.45, 2.75) is 0 Å². The molecular weight excluding hydrogens is 213 g/mol. The van der Waals surface area contributed by atoms with E-state index in [9.17, 15) is 9.18 Å². The van der Waals surface area contributed by atoms with Gasteiger partial charge in [0.15, 0.2) is 0 Å². The molecule has 1 aromatic heterocycles. The monoisotopic (exact) mass is 227 g/mol. The van der Waals surface area contributed by atoms with Crippen molar-refractivity contribution >= 4 is 11.7 Å². The van der Waals surface area contributed by atoms with E-state index in [1.165, 1.54) is 18.2 Å². The summed E-state index contributed by atoms with van der Waals surface area (Å²) in [5.74, 6) is -0.683. The highest BCUT2D eigenvalue weighted by molar-refractivity contribution is 5.91. The maximum Gasteiger partial charge on any atom is 0.239 e. The molecule has 1 heterocycles. The quantitative estimate of drug-likeness (QED) is 0.545. The van der Waals surface area contributed by atoms with Gasteiger partial charge in [-0.25, -0.2) is 4.98 Å². The molecule has 16 heavy (non-hydrogen) atoms. The van der Waals surface area contributed by atoms with Crippen LogP contribution in [0.1, 0.15) is 0 Å². The highest BCUT2D eigenvalue weighted by atomic mass is 19.1. The van der Waals surface area contributed by atoms with Gasteiger partial charge in [-0.05, 0) is 12.1 Å². The highest BCUT2D eigenvalue weighted by Gasteiger charge is 2.02. The molecule has 1 amide bonds. The Balaban J connectivity index is 2.29. The Bertz CT molecular complexity index is 347. The van der Waals surface area contributed by atoms with E-state index in [4.69, 9.17) is 4.74 Å². The van der Waals surface area contributed by atoms with Crippen LogP contribution in [-0.2, 0) is 9.53 Å². The number of carbonyl (C=O) groups is 1. The topological polar surface area (TPSA) is 63.2 Å². The van der Waals surface area contributed by atoms with E-state index in [-0.39, 0.29) is 18.3 Å². The maximum atomic E-state index is 12.7. The number of aromatic nitrogens is 1. The van der Waals surface area contributed by atoms with E-state index in [1.807, 2.05) is 0 Å². The van der Waals surface area contributed by atoms with Gasteiger partial charge in [-0.1, -0.05) is 6.07 Å². The van der Waals surface area contributed by atoms with Crippen LogP contribution in [0, 0.1) is 5.95 Å². The van der Waals surface area contributed by atoms with Crippen LogP contribution in [0.3, 0.4) is 0 Å². The molecule has 0 unspecified atom stereocenters. The summed E-state index contributed by atoms with van der Waals surface area (Å²) < 4.78 is 17.5. The second-order valence-electron chi connectivity index (χ2n) is 3.06. The third-order valence-electron chi connectivity index (χ3n) is 1.75. The fraction of sp³-hybridized carbons (Fsp3) is 0.400. The predicted octanol–water partition coefficient (Wildman–Crippen LogP) is 0.395. The van der Waals surface area contributed by atoms with Gasteiger partial charge in [0.2, 0.25) is 11.9 Å². The van der Waals surface area contributed by atoms with Crippen LogP contribution in [0.25, 0.3) is 0 Å². The molecule has 0 atom stereocenters. The Morgan fingerprint density at radius 2 is 2.38 bits per heavy atom. The maximum absolute atomic E-state index is 12.7. The lowest BCUT2D eigenvalue weighted by Crippen LogP contribution is -2.30. The van der Waals surface area contributed by atoms with Crippen LogP contribution in [0.4, 0.5) is 10.2 Å². The van der Waals surface area contributed by atoms with Gasteiger partial charge in [-0.2, -0.15) is 4.39 Å². The van der Waals surface area contributed by atoms with Gasteiger partial charge in [0.1, 0.15) is 5.82 Å². The summed E-state index contributed by atoms with van der Waals surface area (Å²) in [7, 11) is 1.58. The zero-order chi connectivity index (χ0) is 11.8. The van der Waals surface area contributed by atoms with Crippen molar-refractivity contribution in [1.29, 1.82) is 0 Å². The molecule has 0 saturated heterocycles. The van der Waals surface area contributed by atoms with Crippen LogP contribution in [0.2, 0.25) is 0 Å². The zero-order valence-electron chi connectivity index (χ0n) is 9.00. The van der Waals surface area contributed by atoms with Crippen LogP contribution in [0.5, 0.6) is 0 Å². The number of carbonyl (C=O) groups excluding carboxylic acids is 1. The Morgan fingerprint density at radius 3 is 3.06 bits per heavy atom. The fourth-order valence-corrected chi connectivity index (χ4v) is 1.04. The van der Waals surface area contributed by atoms with Crippen LogP contribution in [0.15, 0.2) is 18.2 Å². The summed E-state index contributed by atoms with van der Waals surface area (Å²) in [6, 6.07) is 4.22. The van der Waals surface area contributed by atoms with Gasteiger partial charge in [0, 0.05) is 13.7 Å². The smallest absolute Gasteiger partial charge is 0.239 e. The third kappa shape index (κ3) is 4.81. The average Bonchev–Trinajstić information content (AvgIpc) is 2.24. The molecule has 5 nitrogen and oxygen atoms in total. The molecule has 6 heteroatoms. The molecule has 0 spiro atoms. The van der Waals surface area contributed by atoms with E-state index in [0.717, 1.165) is 0 Å². The summed E-state index contributed by atoms with van der Waals surface area (Å²) in [5.41, 5.74) is 0. The number of nitrogens with one attached hydrogen (secondary N) is 2. The van der Waals surface area contributed by atoms with Crippen molar-refractivity contribution in [3.05, 3.63) is 24.1 Å². The Labute approximate surface area is 93.0 Å². The number of pyridine rings is 1. The summed E-state index contributed by atoms with van der Waals surface area (Å²) in [4.78, 5) is 14.8. The predicted molar refractivity (Wildman–Crippen MR) is 57.6 cm³/mol. The lowest BCUT2D eigenvalue weighted by Gasteiger charge is -2.05. The minimum Gasteiger partial charge on any atom is -0.383 e. The molecule has 0 aliphatic carbocycles. The molecule has 0 bridgehead atoms. The standard InChI is InChI=1S/C10H14FN3O2/c1-16-6-5-12-7-10(15)14-9-4-2-3-8(11)13-9/h2-4,12H,5-7H2,1H3,(H,13,14,15). The summed E-state index contributed by atoms with van der Waals surface area (Å²) >= 11 is 0. The minimum atomic E-state index is -0.620. The largest absolute Gasteiger partial charge is 0.383 e. The molecule has 0 fully saturated rings. The summed E-state index contributed by atoms with van der Waals surface area (Å²) in [5, 5.41) is 5.33. The zero-order valence-corrected chi connectivity index (χ0v) is 9.00. The third-order valence-corrected chi connectivity index (χ3v) is 1.75. The highest BCUT2D eigenvalue weighted by Crippen LogP contribution is 2.02. The number of amides is 1. The number of hydrogen-bond acceptors (Lipinski definition) is 4. The molecule has 2 N–H and O–H groups in total. The van der Waals surface area contributed by atoms with E-state index in [0.29, 0.717) is 13.2 Å². The summed E-state index contributed by atoms with van der Waals surface area (Å²) in [6.45, 7) is 1.26. The number of anilines is 1. The van der Waals surface area contributed by atoms with E-state index in [2.05, 4.69) is 15.6 Å². The van der Waals surface area contributed by atoms with Gasteiger partial charge in [-0.3, -0.25) is 4.79 Å². The Kier molecular flexibility index (Phi) is 5.38. The van der Waals surface area contributed by atoms with Gasteiger partial charge in [0.05, 0.1) is 13.2 Å². The van der Waals surface area contributed by atoms with Crippen molar-refractivity contribution in [3.8, 4) is 0 Å². The molecule has 0 aliphatic rings. The fourth-order valence-electron chi connectivity index (χ4n) is 1.04. The molecule has 1 rings (SSSR count). The minimum absolute atomic E-state index is 0.140. The van der Waals surface area contributed by atoms with Crippen molar-refractivity contribution in [3.63, 3.8) is 0 Å². The van der Waals surface area contributed by atoms with Gasteiger partial charge in [-0.15, -0.1) is 0 Å². The number of methoxy groups -OCH3 is 1. The first-order valence-corrected chi connectivity index (χ1v) is 4.84. The molecule has 0 radical (unpaired) electrons. The second kappa shape index (κ2) is 6.86. The summed E-state index contributed by atoms with van der Waals surface area (Å²) in [6.07, 6.45) is 0. The number of rotatable bonds is 6. The van der Waals surface area contributed by atoms with Crippen LogP contribution in [-0.4, -0.2) is 37.7 Å². The van der Waals surface area contributed by atoms with Gasteiger partial charge >= 0.3 is 0 Å². The Hall–Kier alpha value is -1.53. The Morgan fingerprint density at radius 1 is 1.56 bits per heavy atom. The van der Waals surface area contributed by atoms with Crippen molar-refractivity contribution in [2.75, 3.05) is 32.1 Å². The molecule has 1 aromatic rings. The van der Waals surface area contributed by atoms with E-state index < -0.39 is 5.95 Å². The van der Waals surface area contributed by atoms with E-state index in [1.54, 1.807) is 7.11 Å². The van der Waals surface area contributed by atoms with Gasteiger partial charge < -0.3 is 15.4 Å². The van der Waals surface area contributed by atoms with Crippen LogP contribution < -0.4 is 10.6 Å². The molecule has 0 aromatic carbocycles. The number of nitrogens with zero attached hydrogens (tertiary/aromatic N) is 1. The van der Waals surface area contributed by atoms with Crippen LogP contribution >= 0.6 is 0 Å². The molecule has 88 valence electrons. The van der Waals surface area contributed by atoms with Crippen molar-refractivity contribution in [2.24, 2.45) is 0 Å². The second-order valence-corrected chi connectivity index (χ2v) is 3.06. The molecule has 0 aliphatic heterocycles. The van der Waals surface area contributed by atoms with Gasteiger partial charge in [0.25, 0.3) is 0 Å². The normalized spacial score (nSPS) is 10.1. The van der Waals surface area contributed by atoms with Crippen molar-refractivity contribution < 1.29 is 13.9 Å². The number of halogens is 1. The first kappa shape index (κ1) is 12.5. The van der Waals surface area contributed by atoms with E-state index >= 15 is 0 Å².